The fourth-order valence-corrected chi connectivity index (χ4v) is 2.00. The molecule has 1 heterocycles. The maximum atomic E-state index is 13.9. The number of halogens is 2. The molecule has 0 fully saturated rings. The number of hydrogen-bond acceptors (Lipinski definition) is 3. The van der Waals surface area contributed by atoms with Gasteiger partial charge in [-0.3, -0.25) is 4.57 Å². The number of aromatic nitrogens is 2. The van der Waals surface area contributed by atoms with Crippen LogP contribution in [0.2, 0.25) is 0 Å². The zero-order valence-electron chi connectivity index (χ0n) is 12.2. The zero-order valence-corrected chi connectivity index (χ0v) is 12.2. The van der Waals surface area contributed by atoms with E-state index in [1.807, 2.05) is 6.92 Å². The molecule has 1 aromatic carbocycles. The molecule has 114 valence electrons. The lowest BCUT2D eigenvalue weighted by Crippen LogP contribution is -2.10. The third-order valence-electron chi connectivity index (χ3n) is 2.97. The van der Waals surface area contributed by atoms with Gasteiger partial charge in [-0.05, 0) is 32.4 Å². The van der Waals surface area contributed by atoms with Crippen LogP contribution in [0.25, 0.3) is 5.69 Å². The minimum absolute atomic E-state index is 0.142. The molecule has 0 spiro atoms. The molecule has 0 radical (unpaired) electrons. The second-order valence-corrected chi connectivity index (χ2v) is 4.63. The van der Waals surface area contributed by atoms with E-state index in [-0.39, 0.29) is 5.69 Å². The molecule has 0 saturated heterocycles. The van der Waals surface area contributed by atoms with Crippen LogP contribution in [0.1, 0.15) is 19.0 Å². The molecule has 0 aliphatic rings. The quantitative estimate of drug-likeness (QED) is 0.797. The van der Waals surface area contributed by atoms with Crippen LogP contribution in [-0.4, -0.2) is 29.3 Å². The molecule has 2 aromatic rings. The predicted octanol–water partition coefficient (Wildman–Crippen LogP) is 3.30. The Labute approximate surface area is 122 Å². The van der Waals surface area contributed by atoms with E-state index in [0.29, 0.717) is 25.7 Å². The van der Waals surface area contributed by atoms with Crippen LogP contribution < -0.4 is 5.32 Å². The van der Waals surface area contributed by atoms with E-state index in [4.69, 9.17) is 4.74 Å². The number of aryl methyl sites for hydroxylation is 1. The molecule has 0 aliphatic carbocycles. The van der Waals surface area contributed by atoms with Crippen LogP contribution in [0, 0.1) is 18.6 Å². The van der Waals surface area contributed by atoms with Crippen molar-refractivity contribution < 1.29 is 13.5 Å². The lowest BCUT2D eigenvalue weighted by atomic mass is 10.3. The monoisotopic (exact) mass is 295 g/mol. The maximum Gasteiger partial charge on any atom is 0.207 e. The van der Waals surface area contributed by atoms with E-state index >= 15 is 0 Å². The Morgan fingerprint density at radius 2 is 2.14 bits per heavy atom. The smallest absolute Gasteiger partial charge is 0.207 e. The van der Waals surface area contributed by atoms with Crippen LogP contribution in [0.5, 0.6) is 0 Å². The first kappa shape index (κ1) is 15.4. The van der Waals surface area contributed by atoms with Gasteiger partial charge in [0.15, 0.2) is 11.6 Å². The van der Waals surface area contributed by atoms with Crippen molar-refractivity contribution in [2.75, 3.05) is 25.1 Å². The summed E-state index contributed by atoms with van der Waals surface area (Å²) in [5, 5.41) is 3.12. The van der Waals surface area contributed by atoms with Gasteiger partial charge in [0.25, 0.3) is 0 Å². The largest absolute Gasteiger partial charge is 0.382 e. The van der Waals surface area contributed by atoms with Crippen LogP contribution in [0.4, 0.5) is 14.7 Å². The highest BCUT2D eigenvalue weighted by Gasteiger charge is 2.13. The Morgan fingerprint density at radius 3 is 2.90 bits per heavy atom. The second-order valence-electron chi connectivity index (χ2n) is 4.63. The van der Waals surface area contributed by atoms with Crippen molar-refractivity contribution in [2.24, 2.45) is 0 Å². The molecule has 0 saturated carbocycles. The summed E-state index contributed by atoms with van der Waals surface area (Å²) in [4.78, 5) is 4.30. The summed E-state index contributed by atoms with van der Waals surface area (Å²) >= 11 is 0. The number of ether oxygens (including phenoxy) is 1. The first-order valence-corrected chi connectivity index (χ1v) is 6.95. The van der Waals surface area contributed by atoms with Gasteiger partial charge in [-0.25, -0.2) is 13.8 Å². The number of nitrogens with one attached hydrogen (secondary N) is 1. The van der Waals surface area contributed by atoms with Gasteiger partial charge in [0, 0.05) is 26.0 Å². The van der Waals surface area contributed by atoms with Gasteiger partial charge >= 0.3 is 0 Å². The molecule has 0 amide bonds. The summed E-state index contributed by atoms with van der Waals surface area (Å²) in [5.41, 5.74) is 0.869. The van der Waals surface area contributed by atoms with Crippen molar-refractivity contribution in [3.05, 3.63) is 41.7 Å². The summed E-state index contributed by atoms with van der Waals surface area (Å²) in [5.74, 6) is -1.26. The topological polar surface area (TPSA) is 39.1 Å². The Morgan fingerprint density at radius 1 is 1.33 bits per heavy atom. The van der Waals surface area contributed by atoms with E-state index in [2.05, 4.69) is 10.3 Å². The van der Waals surface area contributed by atoms with E-state index in [1.54, 1.807) is 13.1 Å². The molecule has 0 atom stereocenters. The number of imidazole rings is 1. The van der Waals surface area contributed by atoms with E-state index < -0.39 is 11.6 Å². The average molecular weight is 295 g/mol. The number of rotatable bonds is 7. The van der Waals surface area contributed by atoms with Gasteiger partial charge in [0.1, 0.15) is 0 Å². The molecule has 4 nitrogen and oxygen atoms in total. The lowest BCUT2D eigenvalue weighted by molar-refractivity contribution is 0.147. The van der Waals surface area contributed by atoms with Crippen molar-refractivity contribution in [3.8, 4) is 5.69 Å². The minimum atomic E-state index is -0.882. The first-order chi connectivity index (χ1) is 10.1. The summed E-state index contributed by atoms with van der Waals surface area (Å²) in [7, 11) is 0. The molecule has 1 N–H and O–H groups in total. The molecule has 0 unspecified atom stereocenters. The van der Waals surface area contributed by atoms with Crippen LogP contribution in [0.15, 0.2) is 24.4 Å². The molecule has 0 aliphatic heterocycles. The lowest BCUT2D eigenvalue weighted by Gasteiger charge is -2.10. The van der Waals surface area contributed by atoms with E-state index in [9.17, 15) is 8.78 Å². The minimum Gasteiger partial charge on any atom is -0.382 e. The Balaban J connectivity index is 2.15. The Bertz CT molecular complexity index is 599. The molecule has 21 heavy (non-hydrogen) atoms. The summed E-state index contributed by atoms with van der Waals surface area (Å²) < 4.78 is 34.0. The first-order valence-electron chi connectivity index (χ1n) is 6.95. The summed E-state index contributed by atoms with van der Waals surface area (Å²) in [6.07, 6.45) is 2.48. The number of hydrogen-bond donors (Lipinski definition) is 1. The fraction of sp³-hybridized carbons (Fsp3) is 0.400. The number of anilines is 1. The molecule has 0 bridgehead atoms. The fourth-order valence-electron chi connectivity index (χ4n) is 2.00. The van der Waals surface area contributed by atoms with Crippen LogP contribution in [0.3, 0.4) is 0 Å². The van der Waals surface area contributed by atoms with E-state index in [1.165, 1.54) is 16.7 Å². The van der Waals surface area contributed by atoms with Crippen molar-refractivity contribution in [2.45, 2.75) is 20.3 Å². The highest BCUT2D eigenvalue weighted by Crippen LogP contribution is 2.21. The van der Waals surface area contributed by atoms with Gasteiger partial charge in [0.05, 0.1) is 11.4 Å². The van der Waals surface area contributed by atoms with Gasteiger partial charge in [-0.1, -0.05) is 6.07 Å². The van der Waals surface area contributed by atoms with Crippen molar-refractivity contribution in [3.63, 3.8) is 0 Å². The molecule has 6 heteroatoms. The Hall–Kier alpha value is -1.95. The maximum absolute atomic E-state index is 13.9. The second kappa shape index (κ2) is 7.17. The molecular weight excluding hydrogens is 276 g/mol. The summed E-state index contributed by atoms with van der Waals surface area (Å²) in [6.45, 7) is 5.72. The normalized spacial score (nSPS) is 10.9. The summed E-state index contributed by atoms with van der Waals surface area (Å²) in [6, 6.07) is 4.09. The Kier molecular flexibility index (Phi) is 5.27. The van der Waals surface area contributed by atoms with Gasteiger partial charge < -0.3 is 10.1 Å². The van der Waals surface area contributed by atoms with Crippen molar-refractivity contribution in [1.29, 1.82) is 0 Å². The highest BCUT2D eigenvalue weighted by atomic mass is 19.2. The molecule has 2 rings (SSSR count). The van der Waals surface area contributed by atoms with Crippen LogP contribution >= 0.6 is 0 Å². The molecule has 1 aromatic heterocycles. The van der Waals surface area contributed by atoms with Crippen molar-refractivity contribution in [1.82, 2.24) is 9.55 Å². The SMILES string of the molecule is CCOCCCNc1nc(C)cn1-c1cccc(F)c1F. The van der Waals surface area contributed by atoms with E-state index in [0.717, 1.165) is 18.2 Å². The standard InChI is InChI=1S/C15H19F2N3O/c1-3-21-9-5-8-18-15-19-11(2)10-20(15)13-7-4-6-12(16)14(13)17/h4,6-7,10H,3,5,8-9H2,1-2H3,(H,18,19). The van der Waals surface area contributed by atoms with Gasteiger partial charge in [-0.2, -0.15) is 0 Å². The predicted molar refractivity (Wildman–Crippen MR) is 77.8 cm³/mol. The van der Waals surface area contributed by atoms with Gasteiger partial charge in [-0.15, -0.1) is 0 Å². The number of nitrogens with zero attached hydrogens (tertiary/aromatic N) is 2. The number of benzene rings is 1. The average Bonchev–Trinajstić information content (AvgIpc) is 2.82. The van der Waals surface area contributed by atoms with Crippen LogP contribution in [-0.2, 0) is 4.74 Å². The molecular formula is C15H19F2N3O. The van der Waals surface area contributed by atoms with Gasteiger partial charge in [0.2, 0.25) is 5.95 Å². The third-order valence-corrected chi connectivity index (χ3v) is 2.97. The zero-order chi connectivity index (χ0) is 15.2. The highest BCUT2D eigenvalue weighted by molar-refractivity contribution is 5.44. The van der Waals surface area contributed by atoms with Crippen molar-refractivity contribution >= 4 is 5.95 Å². The third kappa shape index (κ3) is 3.78.